The molecule has 0 fully saturated rings. The number of carbonyl (C=O) groups excluding carboxylic acids is 1. The lowest BCUT2D eigenvalue weighted by atomic mass is 10.1. The Morgan fingerprint density at radius 1 is 1.09 bits per heavy atom. The van der Waals surface area contributed by atoms with E-state index in [0.29, 0.717) is 0 Å². The van der Waals surface area contributed by atoms with Gasteiger partial charge in [0.05, 0.1) is 12.6 Å². The molecule has 0 radical (unpaired) electrons. The third-order valence-corrected chi connectivity index (χ3v) is 4.09. The minimum absolute atomic E-state index is 0.00938. The van der Waals surface area contributed by atoms with E-state index in [9.17, 15) is 4.79 Å². The molecule has 0 bridgehead atoms. The van der Waals surface area contributed by atoms with Crippen LogP contribution in [0.1, 0.15) is 31.0 Å². The molecule has 2 aromatic rings. The fraction of sp³-hybridized carbons (Fsp3) is 0.278. The van der Waals surface area contributed by atoms with Crippen LogP contribution in [0, 0.1) is 0 Å². The van der Waals surface area contributed by atoms with E-state index in [4.69, 9.17) is 0 Å². The first-order valence-electron chi connectivity index (χ1n) is 7.46. The molecule has 1 amide bonds. The van der Waals surface area contributed by atoms with E-state index in [1.165, 1.54) is 5.56 Å². The van der Waals surface area contributed by atoms with Gasteiger partial charge in [-0.3, -0.25) is 4.79 Å². The Kier molecular flexibility index (Phi) is 6.01. The zero-order chi connectivity index (χ0) is 15.9. The van der Waals surface area contributed by atoms with Crippen molar-refractivity contribution in [2.45, 2.75) is 26.3 Å². The lowest BCUT2D eigenvalue weighted by Crippen LogP contribution is -2.32. The van der Waals surface area contributed by atoms with Gasteiger partial charge in [-0.15, -0.1) is 0 Å². The topological polar surface area (TPSA) is 41.1 Å². The number of hydrogen-bond donors (Lipinski definition) is 2. The van der Waals surface area contributed by atoms with Crippen molar-refractivity contribution in [1.29, 1.82) is 0 Å². The third-order valence-electron chi connectivity index (χ3n) is 3.56. The standard InChI is InChI=1S/C18H21BrN2O/c1-3-14-4-10-17(11-5-14)20-12-18(22)21-13(2)15-6-8-16(19)9-7-15/h4-11,13,20H,3,12H2,1-2H3,(H,21,22). The Labute approximate surface area is 140 Å². The van der Waals surface area contributed by atoms with Crippen LogP contribution in [0.15, 0.2) is 53.0 Å². The van der Waals surface area contributed by atoms with E-state index in [1.54, 1.807) is 0 Å². The minimum atomic E-state index is -0.0185. The Balaban J connectivity index is 1.83. The molecule has 0 heterocycles. The number of amides is 1. The predicted octanol–water partition coefficient (Wildman–Crippen LogP) is 4.30. The van der Waals surface area contributed by atoms with Crippen LogP contribution in [0.25, 0.3) is 0 Å². The van der Waals surface area contributed by atoms with Crippen LogP contribution in [0.5, 0.6) is 0 Å². The number of nitrogens with one attached hydrogen (secondary N) is 2. The highest BCUT2D eigenvalue weighted by Crippen LogP contribution is 2.16. The summed E-state index contributed by atoms with van der Waals surface area (Å²) >= 11 is 3.41. The highest BCUT2D eigenvalue weighted by Gasteiger charge is 2.09. The van der Waals surface area contributed by atoms with Crippen LogP contribution in [-0.4, -0.2) is 12.5 Å². The third kappa shape index (κ3) is 4.88. The molecule has 0 aliphatic rings. The molecular formula is C18H21BrN2O. The van der Waals surface area contributed by atoms with Gasteiger partial charge < -0.3 is 10.6 Å². The molecule has 1 atom stereocenters. The van der Waals surface area contributed by atoms with Crippen LogP contribution in [0.2, 0.25) is 0 Å². The second-order valence-electron chi connectivity index (χ2n) is 5.24. The van der Waals surface area contributed by atoms with Gasteiger partial charge in [-0.25, -0.2) is 0 Å². The van der Waals surface area contributed by atoms with Crippen molar-refractivity contribution in [2.24, 2.45) is 0 Å². The largest absolute Gasteiger partial charge is 0.376 e. The quantitative estimate of drug-likeness (QED) is 0.806. The molecule has 1 unspecified atom stereocenters. The van der Waals surface area contributed by atoms with Gasteiger partial charge in [0.2, 0.25) is 5.91 Å². The first kappa shape index (κ1) is 16.6. The normalized spacial score (nSPS) is 11.8. The molecule has 2 aromatic carbocycles. The second-order valence-corrected chi connectivity index (χ2v) is 6.16. The molecule has 4 heteroatoms. The van der Waals surface area contributed by atoms with Crippen molar-refractivity contribution in [3.63, 3.8) is 0 Å². The summed E-state index contributed by atoms with van der Waals surface area (Å²) in [5, 5.41) is 6.13. The van der Waals surface area contributed by atoms with Gasteiger partial charge in [0, 0.05) is 10.2 Å². The fourth-order valence-electron chi connectivity index (χ4n) is 2.17. The van der Waals surface area contributed by atoms with Gasteiger partial charge in [-0.2, -0.15) is 0 Å². The lowest BCUT2D eigenvalue weighted by Gasteiger charge is -2.15. The number of halogens is 1. The minimum Gasteiger partial charge on any atom is -0.376 e. The van der Waals surface area contributed by atoms with E-state index in [1.807, 2.05) is 43.3 Å². The van der Waals surface area contributed by atoms with E-state index in [2.05, 4.69) is 45.6 Å². The molecule has 2 rings (SSSR count). The molecule has 0 saturated heterocycles. The monoisotopic (exact) mass is 360 g/mol. The van der Waals surface area contributed by atoms with Crippen molar-refractivity contribution >= 4 is 27.5 Å². The Morgan fingerprint density at radius 3 is 2.32 bits per heavy atom. The predicted molar refractivity (Wildman–Crippen MR) is 95.0 cm³/mol. The van der Waals surface area contributed by atoms with Crippen LogP contribution in [-0.2, 0) is 11.2 Å². The summed E-state index contributed by atoms with van der Waals surface area (Å²) in [6.45, 7) is 4.38. The number of hydrogen-bond acceptors (Lipinski definition) is 2. The van der Waals surface area contributed by atoms with E-state index < -0.39 is 0 Å². The van der Waals surface area contributed by atoms with Gasteiger partial charge in [-0.1, -0.05) is 47.1 Å². The average molecular weight is 361 g/mol. The summed E-state index contributed by atoms with van der Waals surface area (Å²) in [7, 11) is 0. The summed E-state index contributed by atoms with van der Waals surface area (Å²) in [6, 6.07) is 16.1. The van der Waals surface area contributed by atoms with Crippen molar-refractivity contribution in [2.75, 3.05) is 11.9 Å². The van der Waals surface area contributed by atoms with Crippen molar-refractivity contribution in [3.8, 4) is 0 Å². The number of carbonyl (C=O) groups is 1. The highest BCUT2D eigenvalue weighted by atomic mass is 79.9. The van der Waals surface area contributed by atoms with Crippen molar-refractivity contribution in [3.05, 3.63) is 64.1 Å². The zero-order valence-corrected chi connectivity index (χ0v) is 14.5. The van der Waals surface area contributed by atoms with Crippen LogP contribution >= 0.6 is 15.9 Å². The fourth-order valence-corrected chi connectivity index (χ4v) is 2.43. The van der Waals surface area contributed by atoms with Gasteiger partial charge in [0.25, 0.3) is 0 Å². The molecule has 0 aromatic heterocycles. The number of rotatable bonds is 6. The molecule has 2 N–H and O–H groups in total. The number of benzene rings is 2. The van der Waals surface area contributed by atoms with Gasteiger partial charge >= 0.3 is 0 Å². The Hall–Kier alpha value is -1.81. The molecule has 0 spiro atoms. The second kappa shape index (κ2) is 7.99. The van der Waals surface area contributed by atoms with Crippen LogP contribution < -0.4 is 10.6 Å². The maximum atomic E-state index is 12.0. The van der Waals surface area contributed by atoms with Crippen molar-refractivity contribution in [1.82, 2.24) is 5.32 Å². The van der Waals surface area contributed by atoms with Gasteiger partial charge in [-0.05, 0) is 48.7 Å². The molecule has 22 heavy (non-hydrogen) atoms. The average Bonchev–Trinajstić information content (AvgIpc) is 2.54. The number of anilines is 1. The van der Waals surface area contributed by atoms with E-state index >= 15 is 0 Å². The maximum absolute atomic E-state index is 12.0. The zero-order valence-electron chi connectivity index (χ0n) is 12.9. The summed E-state index contributed by atoms with van der Waals surface area (Å²) < 4.78 is 1.03. The number of aryl methyl sites for hydroxylation is 1. The summed E-state index contributed by atoms with van der Waals surface area (Å²) in [5.74, 6) is -0.0185. The van der Waals surface area contributed by atoms with Gasteiger partial charge in [0.15, 0.2) is 0 Å². The smallest absolute Gasteiger partial charge is 0.239 e. The summed E-state index contributed by atoms with van der Waals surface area (Å²) in [5.41, 5.74) is 3.34. The maximum Gasteiger partial charge on any atom is 0.239 e. The van der Waals surface area contributed by atoms with E-state index in [-0.39, 0.29) is 18.5 Å². The van der Waals surface area contributed by atoms with Gasteiger partial charge in [0.1, 0.15) is 0 Å². The summed E-state index contributed by atoms with van der Waals surface area (Å²) in [4.78, 5) is 12.0. The lowest BCUT2D eigenvalue weighted by molar-refractivity contribution is -0.120. The Bertz CT molecular complexity index is 608. The SMILES string of the molecule is CCc1ccc(NCC(=O)NC(C)c2ccc(Br)cc2)cc1. The highest BCUT2D eigenvalue weighted by molar-refractivity contribution is 9.10. The molecular weight excluding hydrogens is 340 g/mol. The molecule has 0 saturated carbocycles. The van der Waals surface area contributed by atoms with Crippen molar-refractivity contribution < 1.29 is 4.79 Å². The molecule has 116 valence electrons. The summed E-state index contributed by atoms with van der Waals surface area (Å²) in [6.07, 6.45) is 1.02. The molecule has 3 nitrogen and oxygen atoms in total. The first-order valence-corrected chi connectivity index (χ1v) is 8.25. The first-order chi connectivity index (χ1) is 10.6. The van der Waals surface area contributed by atoms with E-state index in [0.717, 1.165) is 22.1 Å². The Morgan fingerprint density at radius 2 is 1.73 bits per heavy atom. The molecule has 0 aliphatic heterocycles. The molecule has 0 aliphatic carbocycles. The van der Waals surface area contributed by atoms with Crippen LogP contribution in [0.4, 0.5) is 5.69 Å². The van der Waals surface area contributed by atoms with Crippen LogP contribution in [0.3, 0.4) is 0 Å².